The number of nitrogens with two attached hydrogens (primary N) is 1. The van der Waals surface area contributed by atoms with Crippen LogP contribution in [0.3, 0.4) is 0 Å². The zero-order valence-corrected chi connectivity index (χ0v) is 20.1. The van der Waals surface area contributed by atoms with E-state index in [9.17, 15) is 18.0 Å². The van der Waals surface area contributed by atoms with Crippen molar-refractivity contribution in [2.24, 2.45) is 5.73 Å². The first-order chi connectivity index (χ1) is 16.6. The molecule has 4 N–H and O–H groups in total. The quantitative estimate of drug-likeness (QED) is 0.389. The Morgan fingerprint density at radius 1 is 0.886 bits per heavy atom. The van der Waals surface area contributed by atoms with Crippen LogP contribution in [0.1, 0.15) is 15.9 Å². The number of carbonyl (C=O) groups excluding carboxylic acids is 2. The van der Waals surface area contributed by atoms with Crippen molar-refractivity contribution in [2.45, 2.75) is 11.8 Å². The molecule has 0 heterocycles. The molecule has 11 heteroatoms. The van der Waals surface area contributed by atoms with Gasteiger partial charge in [0.05, 0.1) is 19.1 Å². The number of methoxy groups -OCH3 is 2. The zero-order valence-electron chi connectivity index (χ0n) is 19.3. The summed E-state index contributed by atoms with van der Waals surface area (Å²) in [6, 6.07) is 15.5. The minimum Gasteiger partial charge on any atom is -0.493 e. The molecule has 10 nitrogen and oxygen atoms in total. The Hall–Kier alpha value is -4.25. The Balaban J connectivity index is 1.74. The second-order valence-corrected chi connectivity index (χ2v) is 9.10. The van der Waals surface area contributed by atoms with Gasteiger partial charge in [0, 0.05) is 16.9 Å². The van der Waals surface area contributed by atoms with Crippen LogP contribution in [0.5, 0.6) is 17.2 Å². The smallest absolute Gasteiger partial charge is 0.261 e. The van der Waals surface area contributed by atoms with Gasteiger partial charge in [0.15, 0.2) is 18.1 Å². The zero-order chi connectivity index (χ0) is 25.6. The molecule has 3 aromatic carbocycles. The summed E-state index contributed by atoms with van der Waals surface area (Å²) in [5.41, 5.74) is 7.04. The molecule has 0 saturated heterocycles. The standard InChI is InChI=1S/C24H25N3O7S/c1-15-4-10-19(11-5-15)35(30,31)27-18-8-6-17(7-9-18)26-24(29)16-12-20(32-2)23(21(13-16)33-3)34-14-22(25)28/h4-13,27H,14H2,1-3H3,(H2,25,28)(H,26,29). The fraction of sp³-hybridized carbons (Fsp3) is 0.167. The number of sulfonamides is 1. The number of carbonyl (C=O) groups is 2. The highest BCUT2D eigenvalue weighted by Crippen LogP contribution is 2.38. The van der Waals surface area contributed by atoms with E-state index in [1.54, 1.807) is 24.3 Å². The number of nitrogens with one attached hydrogen (secondary N) is 2. The third-order valence-corrected chi connectivity index (χ3v) is 6.21. The van der Waals surface area contributed by atoms with Crippen LogP contribution in [0, 0.1) is 6.92 Å². The van der Waals surface area contributed by atoms with Crippen LogP contribution >= 0.6 is 0 Å². The first kappa shape index (κ1) is 25.4. The fourth-order valence-corrected chi connectivity index (χ4v) is 4.11. The first-order valence-electron chi connectivity index (χ1n) is 10.3. The molecule has 0 unspecified atom stereocenters. The van der Waals surface area contributed by atoms with Crippen LogP contribution in [0.25, 0.3) is 0 Å². The summed E-state index contributed by atoms with van der Waals surface area (Å²) >= 11 is 0. The summed E-state index contributed by atoms with van der Waals surface area (Å²) in [7, 11) is -0.987. The van der Waals surface area contributed by atoms with Gasteiger partial charge in [-0.2, -0.15) is 0 Å². The molecular weight excluding hydrogens is 474 g/mol. The minimum atomic E-state index is -3.74. The second-order valence-electron chi connectivity index (χ2n) is 7.41. The molecule has 0 aliphatic carbocycles. The van der Waals surface area contributed by atoms with Crippen LogP contribution < -0.4 is 30.0 Å². The molecule has 0 atom stereocenters. The maximum Gasteiger partial charge on any atom is 0.261 e. The third kappa shape index (κ3) is 6.42. The Morgan fingerprint density at radius 3 is 1.94 bits per heavy atom. The lowest BCUT2D eigenvalue weighted by Gasteiger charge is -2.15. The molecule has 3 rings (SSSR count). The highest BCUT2D eigenvalue weighted by Gasteiger charge is 2.19. The van der Waals surface area contributed by atoms with Crippen LogP contribution in [0.2, 0.25) is 0 Å². The fourth-order valence-electron chi connectivity index (χ4n) is 3.05. The molecule has 0 bridgehead atoms. The maximum atomic E-state index is 12.8. The van der Waals surface area contributed by atoms with Crippen molar-refractivity contribution in [3.8, 4) is 17.2 Å². The van der Waals surface area contributed by atoms with Crippen LogP contribution in [0.15, 0.2) is 65.6 Å². The Kier molecular flexibility index (Phi) is 7.82. The largest absolute Gasteiger partial charge is 0.493 e. The molecule has 0 radical (unpaired) electrons. The van der Waals surface area contributed by atoms with Gasteiger partial charge in [0.1, 0.15) is 0 Å². The monoisotopic (exact) mass is 499 g/mol. The molecule has 35 heavy (non-hydrogen) atoms. The Labute approximate surface area is 203 Å². The number of anilines is 2. The molecule has 2 amide bonds. The van der Waals surface area contributed by atoms with Crippen molar-refractivity contribution >= 4 is 33.2 Å². The van der Waals surface area contributed by atoms with Crippen molar-refractivity contribution in [3.63, 3.8) is 0 Å². The number of aryl methyl sites for hydroxylation is 1. The molecule has 0 aliphatic rings. The topological polar surface area (TPSA) is 146 Å². The predicted octanol–water partition coefficient (Wildman–Crippen LogP) is 2.93. The van der Waals surface area contributed by atoms with E-state index in [1.165, 1.54) is 50.6 Å². The number of primary amides is 1. The van der Waals surface area contributed by atoms with Gasteiger partial charge in [-0.1, -0.05) is 17.7 Å². The summed E-state index contributed by atoms with van der Waals surface area (Å²) in [6.45, 7) is 1.48. The molecule has 0 spiro atoms. The van der Waals surface area contributed by atoms with E-state index in [1.807, 2.05) is 6.92 Å². The summed E-state index contributed by atoms with van der Waals surface area (Å²) in [5, 5.41) is 2.72. The van der Waals surface area contributed by atoms with E-state index in [0.717, 1.165) is 5.56 Å². The molecular formula is C24H25N3O7S. The van der Waals surface area contributed by atoms with Gasteiger partial charge in [-0.15, -0.1) is 0 Å². The summed E-state index contributed by atoms with van der Waals surface area (Å²) in [6.07, 6.45) is 0. The van der Waals surface area contributed by atoms with Crippen molar-refractivity contribution in [1.29, 1.82) is 0 Å². The number of hydrogen-bond donors (Lipinski definition) is 3. The normalized spacial score (nSPS) is 10.8. The lowest BCUT2D eigenvalue weighted by molar-refractivity contribution is -0.120. The van der Waals surface area contributed by atoms with Crippen LogP contribution in [0.4, 0.5) is 11.4 Å². The van der Waals surface area contributed by atoms with Crippen molar-refractivity contribution in [1.82, 2.24) is 0 Å². The van der Waals surface area contributed by atoms with Gasteiger partial charge in [0.2, 0.25) is 5.75 Å². The molecule has 0 saturated carbocycles. The predicted molar refractivity (Wildman–Crippen MR) is 131 cm³/mol. The first-order valence-corrected chi connectivity index (χ1v) is 11.8. The summed E-state index contributed by atoms with van der Waals surface area (Å²) in [4.78, 5) is 24.0. The lowest BCUT2D eigenvalue weighted by atomic mass is 10.1. The van der Waals surface area contributed by atoms with Crippen molar-refractivity contribution in [3.05, 3.63) is 71.8 Å². The number of hydrogen-bond acceptors (Lipinski definition) is 7. The van der Waals surface area contributed by atoms with Gasteiger partial charge in [0.25, 0.3) is 21.8 Å². The van der Waals surface area contributed by atoms with E-state index in [2.05, 4.69) is 10.0 Å². The maximum absolute atomic E-state index is 12.8. The van der Waals surface area contributed by atoms with E-state index in [-0.39, 0.29) is 27.7 Å². The number of rotatable bonds is 10. The average Bonchev–Trinajstić information content (AvgIpc) is 2.83. The van der Waals surface area contributed by atoms with Gasteiger partial charge in [-0.25, -0.2) is 8.42 Å². The Bertz CT molecular complexity index is 1300. The van der Waals surface area contributed by atoms with Crippen LogP contribution in [-0.4, -0.2) is 41.1 Å². The van der Waals surface area contributed by atoms with Gasteiger partial charge < -0.3 is 25.3 Å². The minimum absolute atomic E-state index is 0.135. The third-order valence-electron chi connectivity index (χ3n) is 4.81. The van der Waals surface area contributed by atoms with E-state index >= 15 is 0 Å². The number of benzene rings is 3. The van der Waals surface area contributed by atoms with Crippen molar-refractivity contribution < 1.29 is 32.2 Å². The van der Waals surface area contributed by atoms with Gasteiger partial charge in [-0.05, 0) is 55.5 Å². The molecule has 0 aliphatic heterocycles. The molecule has 0 fully saturated rings. The SMILES string of the molecule is COc1cc(C(=O)Nc2ccc(NS(=O)(=O)c3ccc(C)cc3)cc2)cc(OC)c1OCC(N)=O. The lowest BCUT2D eigenvalue weighted by Crippen LogP contribution is -2.20. The van der Waals surface area contributed by atoms with E-state index in [0.29, 0.717) is 11.4 Å². The van der Waals surface area contributed by atoms with Gasteiger partial charge >= 0.3 is 0 Å². The average molecular weight is 500 g/mol. The number of ether oxygens (including phenoxy) is 3. The molecule has 184 valence electrons. The van der Waals surface area contributed by atoms with E-state index < -0.39 is 28.4 Å². The summed E-state index contributed by atoms with van der Waals surface area (Å²) in [5.74, 6) is -0.666. The second kappa shape index (κ2) is 10.8. The molecule has 0 aromatic heterocycles. The summed E-state index contributed by atoms with van der Waals surface area (Å²) < 4.78 is 43.5. The molecule has 3 aromatic rings. The van der Waals surface area contributed by atoms with Crippen molar-refractivity contribution in [2.75, 3.05) is 30.9 Å². The number of amides is 2. The Morgan fingerprint density at radius 2 is 1.43 bits per heavy atom. The highest BCUT2D eigenvalue weighted by molar-refractivity contribution is 7.92. The highest BCUT2D eigenvalue weighted by atomic mass is 32.2. The van der Waals surface area contributed by atoms with Crippen LogP contribution in [-0.2, 0) is 14.8 Å². The van der Waals surface area contributed by atoms with Gasteiger partial charge in [-0.3, -0.25) is 14.3 Å². The van der Waals surface area contributed by atoms with E-state index in [4.69, 9.17) is 19.9 Å².